The number of hydrogen-bond acceptors (Lipinski definition) is 8. The molecule has 184 valence electrons. The van der Waals surface area contributed by atoms with Crippen molar-refractivity contribution >= 4 is 52.7 Å². The molecule has 2 aliphatic heterocycles. The molecule has 9 nitrogen and oxygen atoms in total. The number of carbonyl (C=O) groups is 2. The Labute approximate surface area is 215 Å². The molecule has 0 aromatic heterocycles. The molecule has 2 heterocycles. The van der Waals surface area contributed by atoms with Crippen molar-refractivity contribution in [2.24, 2.45) is 23.7 Å². The van der Waals surface area contributed by atoms with E-state index >= 15 is 0 Å². The zero-order chi connectivity index (χ0) is 25.2. The molecule has 2 saturated heterocycles. The van der Waals surface area contributed by atoms with E-state index < -0.39 is 48.6 Å². The van der Waals surface area contributed by atoms with E-state index in [2.05, 4.69) is 0 Å². The van der Waals surface area contributed by atoms with Gasteiger partial charge in [0.05, 0.1) is 34.3 Å². The number of ether oxygens (including phenoxy) is 2. The average Bonchev–Trinajstić information content (AvgIpc) is 3.30. The number of aromatic hydroxyl groups is 1. The minimum atomic E-state index is -1.73. The number of nitrogens with zero attached hydrogens (tertiary/aromatic N) is 1. The first kappa shape index (κ1) is 24.5. The summed E-state index contributed by atoms with van der Waals surface area (Å²) in [5, 5.41) is 40.9. The Morgan fingerprint density at radius 2 is 1.91 bits per heavy atom. The Hall–Kier alpha value is -2.19. The summed E-state index contributed by atoms with van der Waals surface area (Å²) in [7, 11) is -0.281. The zero-order valence-corrected chi connectivity index (χ0v) is 21.2. The first-order valence-corrected chi connectivity index (χ1v) is 12.4. The van der Waals surface area contributed by atoms with Gasteiger partial charge in [0.15, 0.2) is 17.3 Å². The van der Waals surface area contributed by atoms with E-state index in [1.807, 2.05) is 29.5 Å². The van der Waals surface area contributed by atoms with Crippen molar-refractivity contribution in [3.8, 4) is 11.5 Å². The number of phenols is 1. The van der Waals surface area contributed by atoms with Gasteiger partial charge in [0.2, 0.25) is 11.8 Å². The van der Waals surface area contributed by atoms with Crippen molar-refractivity contribution < 1.29 is 39.3 Å². The third-order valence-electron chi connectivity index (χ3n) is 7.62. The van der Waals surface area contributed by atoms with Gasteiger partial charge in [-0.15, -0.1) is 0 Å². The van der Waals surface area contributed by atoms with E-state index in [9.17, 15) is 29.9 Å². The summed E-state index contributed by atoms with van der Waals surface area (Å²) >= 11 is 1.99. The van der Waals surface area contributed by atoms with Crippen LogP contribution in [0.2, 0.25) is 0 Å². The maximum atomic E-state index is 13.6. The second kappa shape index (κ2) is 8.73. The molecule has 2 aromatic carbocycles. The second-order valence-electron chi connectivity index (χ2n) is 9.50. The molecule has 1 saturated carbocycles. The van der Waals surface area contributed by atoms with Gasteiger partial charge in [0.1, 0.15) is 0 Å². The van der Waals surface area contributed by atoms with E-state index in [0.29, 0.717) is 15.6 Å². The highest BCUT2D eigenvalue weighted by atomic mass is 127. The molecule has 3 fully saturated rings. The number of hydrogen-bond donors (Lipinski definition) is 4. The molecule has 35 heavy (non-hydrogen) atoms. The fourth-order valence-corrected chi connectivity index (χ4v) is 6.49. The molecule has 2 aromatic rings. The SMILES string of the molecule is COc1cc([C@@H]2C[C@H]3[C@H]4C(=O)N(c5cccc(B(O)O)c5)C(=O)[C@H]4C[C@H](C)[C@@]3(O)O2)cc(I)c1O. The van der Waals surface area contributed by atoms with Crippen molar-refractivity contribution in [1.82, 2.24) is 0 Å². The van der Waals surface area contributed by atoms with Gasteiger partial charge in [-0.2, -0.15) is 0 Å². The van der Waals surface area contributed by atoms with Gasteiger partial charge >= 0.3 is 7.12 Å². The topological polar surface area (TPSA) is 137 Å². The molecule has 3 aliphatic rings. The van der Waals surface area contributed by atoms with Crippen molar-refractivity contribution in [1.29, 1.82) is 0 Å². The maximum absolute atomic E-state index is 13.6. The van der Waals surface area contributed by atoms with Crippen LogP contribution in [0.3, 0.4) is 0 Å². The minimum Gasteiger partial charge on any atom is -0.504 e. The normalized spacial score (nSPS) is 31.9. The van der Waals surface area contributed by atoms with Crippen LogP contribution in [0.15, 0.2) is 36.4 Å². The quantitative estimate of drug-likeness (QED) is 0.237. The van der Waals surface area contributed by atoms with Crippen LogP contribution in [0.5, 0.6) is 11.5 Å². The van der Waals surface area contributed by atoms with Crippen LogP contribution >= 0.6 is 22.6 Å². The molecule has 0 bridgehead atoms. The predicted octanol–water partition coefficient (Wildman–Crippen LogP) is 1.30. The number of halogens is 1. The van der Waals surface area contributed by atoms with Gasteiger partial charge in [-0.05, 0) is 70.7 Å². The van der Waals surface area contributed by atoms with Gasteiger partial charge < -0.3 is 29.7 Å². The summed E-state index contributed by atoms with van der Waals surface area (Å²) < 4.78 is 12.0. The molecule has 0 radical (unpaired) electrons. The van der Waals surface area contributed by atoms with Gasteiger partial charge in [0, 0.05) is 11.8 Å². The first-order valence-electron chi connectivity index (χ1n) is 11.4. The minimum absolute atomic E-state index is 0.0156. The molecular weight excluding hydrogens is 568 g/mol. The third kappa shape index (κ3) is 3.75. The van der Waals surface area contributed by atoms with Crippen molar-refractivity contribution in [2.75, 3.05) is 12.0 Å². The van der Waals surface area contributed by atoms with E-state index in [-0.39, 0.29) is 35.0 Å². The largest absolute Gasteiger partial charge is 0.504 e. The maximum Gasteiger partial charge on any atom is 0.488 e. The van der Waals surface area contributed by atoms with E-state index in [1.165, 1.54) is 19.2 Å². The lowest BCUT2D eigenvalue weighted by Gasteiger charge is -2.43. The molecule has 0 spiro atoms. The van der Waals surface area contributed by atoms with E-state index in [0.717, 1.165) is 4.90 Å². The monoisotopic (exact) mass is 593 g/mol. The second-order valence-corrected chi connectivity index (χ2v) is 10.7. The summed E-state index contributed by atoms with van der Waals surface area (Å²) in [6.45, 7) is 1.82. The lowest BCUT2D eigenvalue weighted by Crippen LogP contribution is -2.52. The smallest absolute Gasteiger partial charge is 0.488 e. The Morgan fingerprint density at radius 3 is 2.60 bits per heavy atom. The molecule has 0 unspecified atom stereocenters. The lowest BCUT2D eigenvalue weighted by atomic mass is 9.65. The molecule has 4 N–H and O–H groups in total. The van der Waals surface area contributed by atoms with Crippen LogP contribution in [0.4, 0.5) is 5.69 Å². The highest BCUT2D eigenvalue weighted by molar-refractivity contribution is 14.1. The molecule has 6 atom stereocenters. The molecule has 2 amide bonds. The number of methoxy groups -OCH3 is 1. The van der Waals surface area contributed by atoms with Gasteiger partial charge in [-0.25, -0.2) is 0 Å². The Bertz CT molecular complexity index is 1210. The number of aliphatic hydroxyl groups is 1. The fourth-order valence-electron chi connectivity index (χ4n) is 5.87. The summed E-state index contributed by atoms with van der Waals surface area (Å²) in [6, 6.07) is 9.45. The van der Waals surface area contributed by atoms with Crippen LogP contribution in [0.1, 0.15) is 31.4 Å². The van der Waals surface area contributed by atoms with Crippen LogP contribution in [0.25, 0.3) is 0 Å². The van der Waals surface area contributed by atoms with Gasteiger partial charge in [0.25, 0.3) is 0 Å². The third-order valence-corrected chi connectivity index (χ3v) is 8.45. The fraction of sp³-hybridized carbons (Fsp3) is 0.417. The van der Waals surface area contributed by atoms with Crippen LogP contribution in [0, 0.1) is 27.2 Å². The van der Waals surface area contributed by atoms with E-state index in [4.69, 9.17) is 9.47 Å². The Morgan fingerprint density at radius 1 is 1.17 bits per heavy atom. The van der Waals surface area contributed by atoms with Crippen molar-refractivity contribution in [2.45, 2.75) is 31.7 Å². The standard InChI is InChI=1S/C24H25BINO8/c1-11-6-15-20(23(30)27(22(15)29)14-5-3-4-13(9-14)25(32)33)16-10-18(35-24(11,16)31)12-7-17(26)21(28)19(8-12)34-2/h3-5,7-9,11,15-16,18,20,28,31-33H,6,10H2,1-2H3/t11-,15-,16-,18-,20-,24+/m0/s1. The average molecular weight is 593 g/mol. The van der Waals surface area contributed by atoms with Gasteiger partial charge in [-0.1, -0.05) is 19.1 Å². The molecule has 11 heteroatoms. The first-order chi connectivity index (χ1) is 16.6. The Balaban J connectivity index is 1.50. The number of amides is 2. The lowest BCUT2D eigenvalue weighted by molar-refractivity contribution is -0.265. The number of imide groups is 1. The number of fused-ring (bicyclic) bond motifs is 3. The molecule has 5 rings (SSSR count). The van der Waals surface area contributed by atoms with Crippen LogP contribution in [-0.2, 0) is 14.3 Å². The number of anilines is 1. The summed E-state index contributed by atoms with van der Waals surface area (Å²) in [5.41, 5.74) is 1.14. The highest BCUT2D eigenvalue weighted by Gasteiger charge is 2.66. The van der Waals surface area contributed by atoms with Crippen LogP contribution < -0.4 is 15.1 Å². The van der Waals surface area contributed by atoms with Crippen molar-refractivity contribution in [3.05, 3.63) is 45.5 Å². The Kier molecular flexibility index (Phi) is 6.11. The number of benzene rings is 2. The summed E-state index contributed by atoms with van der Waals surface area (Å²) in [4.78, 5) is 28.1. The highest BCUT2D eigenvalue weighted by Crippen LogP contribution is 2.58. The zero-order valence-electron chi connectivity index (χ0n) is 19.1. The molecule has 1 aliphatic carbocycles. The van der Waals surface area contributed by atoms with Crippen LogP contribution in [-0.4, -0.2) is 52.1 Å². The molecular formula is C24H25BINO8. The number of carbonyl (C=O) groups excluding carboxylic acids is 2. The predicted molar refractivity (Wildman–Crippen MR) is 134 cm³/mol. The summed E-state index contributed by atoms with van der Waals surface area (Å²) in [6.07, 6.45) is 0.0393. The number of rotatable bonds is 4. The summed E-state index contributed by atoms with van der Waals surface area (Å²) in [5.74, 6) is -4.49. The van der Waals surface area contributed by atoms with Gasteiger partial charge in [-0.3, -0.25) is 14.5 Å². The van der Waals surface area contributed by atoms with E-state index in [1.54, 1.807) is 24.3 Å². The van der Waals surface area contributed by atoms with Crippen molar-refractivity contribution in [3.63, 3.8) is 0 Å². The number of phenolic OH excluding ortho intramolecular Hbond substituents is 1.